The van der Waals surface area contributed by atoms with Gasteiger partial charge in [-0.15, -0.1) is 12.4 Å². The molecule has 190 valence electrons. The van der Waals surface area contributed by atoms with Crippen molar-refractivity contribution in [2.45, 2.75) is 71.0 Å². The summed E-state index contributed by atoms with van der Waals surface area (Å²) >= 11 is 0. The summed E-state index contributed by atoms with van der Waals surface area (Å²) in [5.74, 6) is -0.0663. The van der Waals surface area contributed by atoms with Gasteiger partial charge in [-0.25, -0.2) is 4.79 Å². The summed E-state index contributed by atoms with van der Waals surface area (Å²) in [5.41, 5.74) is 0.350. The van der Waals surface area contributed by atoms with E-state index in [0.717, 1.165) is 38.0 Å². The Labute approximate surface area is 208 Å². The number of carbonyl (C=O) groups is 3. The normalized spacial score (nSPS) is 20.2. The van der Waals surface area contributed by atoms with Crippen LogP contribution in [0.15, 0.2) is 24.3 Å². The first-order chi connectivity index (χ1) is 15.7. The smallest absolute Gasteiger partial charge is 0.341 e. The number of piperazine rings is 1. The Morgan fingerprint density at radius 1 is 1.21 bits per heavy atom. The number of carbonyl (C=O) groups excluding carboxylic acids is 2. The second-order valence-corrected chi connectivity index (χ2v) is 9.63. The average Bonchev–Trinajstić information content (AvgIpc) is 2.78. The highest BCUT2D eigenvalue weighted by Crippen LogP contribution is 2.34. The SMILES string of the molecule is CCCCN1C(=O)[C@H](CC(C)C)NC(=O)C12CCN(Cc1ccc(OCC(=O)O)cc1)CC2.Cl. The Balaban J connectivity index is 0.00000408. The lowest BCUT2D eigenvalue weighted by molar-refractivity contribution is -0.161. The lowest BCUT2D eigenvalue weighted by Crippen LogP contribution is -2.73. The number of ether oxygens (including phenoxy) is 1. The van der Waals surface area contributed by atoms with Gasteiger partial charge in [0, 0.05) is 26.2 Å². The predicted molar refractivity (Wildman–Crippen MR) is 132 cm³/mol. The molecule has 2 fully saturated rings. The minimum Gasteiger partial charge on any atom is -0.482 e. The van der Waals surface area contributed by atoms with Gasteiger partial charge in [-0.2, -0.15) is 0 Å². The molecule has 2 heterocycles. The minimum atomic E-state index is -1.00. The van der Waals surface area contributed by atoms with E-state index in [2.05, 4.69) is 31.0 Å². The van der Waals surface area contributed by atoms with Crippen LogP contribution in [0.25, 0.3) is 0 Å². The van der Waals surface area contributed by atoms with Crippen molar-refractivity contribution < 1.29 is 24.2 Å². The molecule has 0 saturated carbocycles. The fourth-order valence-electron chi connectivity index (χ4n) is 4.82. The molecule has 0 aliphatic carbocycles. The molecule has 0 bridgehead atoms. The van der Waals surface area contributed by atoms with Gasteiger partial charge in [0.05, 0.1) is 0 Å². The van der Waals surface area contributed by atoms with E-state index in [-0.39, 0.29) is 30.8 Å². The van der Waals surface area contributed by atoms with Crippen LogP contribution in [0.3, 0.4) is 0 Å². The maximum Gasteiger partial charge on any atom is 0.341 e. The molecule has 1 aromatic carbocycles. The van der Waals surface area contributed by atoms with Gasteiger partial charge in [0.15, 0.2) is 6.61 Å². The van der Waals surface area contributed by atoms with Crippen LogP contribution in [-0.4, -0.2) is 70.5 Å². The van der Waals surface area contributed by atoms with E-state index in [4.69, 9.17) is 9.84 Å². The van der Waals surface area contributed by atoms with E-state index in [1.807, 2.05) is 17.0 Å². The van der Waals surface area contributed by atoms with E-state index < -0.39 is 17.6 Å². The molecule has 1 spiro atoms. The molecule has 0 aromatic heterocycles. The Hall–Kier alpha value is -2.32. The van der Waals surface area contributed by atoms with Gasteiger partial charge < -0.3 is 20.1 Å². The molecule has 9 heteroatoms. The Morgan fingerprint density at radius 2 is 1.85 bits per heavy atom. The first-order valence-corrected chi connectivity index (χ1v) is 12.0. The highest BCUT2D eigenvalue weighted by atomic mass is 35.5. The number of amides is 2. The Bertz CT molecular complexity index is 837. The maximum absolute atomic E-state index is 13.3. The lowest BCUT2D eigenvalue weighted by Gasteiger charge is -2.52. The van der Waals surface area contributed by atoms with Gasteiger partial charge in [-0.05, 0) is 49.3 Å². The molecule has 2 aliphatic rings. The van der Waals surface area contributed by atoms with E-state index in [9.17, 15) is 14.4 Å². The molecular weight excluding hydrogens is 458 g/mol. The summed E-state index contributed by atoms with van der Waals surface area (Å²) < 4.78 is 5.19. The third kappa shape index (κ3) is 6.63. The molecule has 2 saturated heterocycles. The quantitative estimate of drug-likeness (QED) is 0.517. The molecule has 0 unspecified atom stereocenters. The van der Waals surface area contributed by atoms with Gasteiger partial charge in [-0.1, -0.05) is 39.3 Å². The summed E-state index contributed by atoms with van der Waals surface area (Å²) in [6.07, 6.45) is 3.80. The highest BCUT2D eigenvalue weighted by molar-refractivity contribution is 6.00. The molecule has 0 radical (unpaired) electrons. The maximum atomic E-state index is 13.3. The molecule has 2 aliphatic heterocycles. The number of carboxylic acids is 1. The van der Waals surface area contributed by atoms with Crippen LogP contribution < -0.4 is 10.1 Å². The average molecular weight is 496 g/mol. The number of nitrogens with zero attached hydrogens (tertiary/aromatic N) is 2. The Morgan fingerprint density at radius 3 is 2.41 bits per heavy atom. The molecule has 8 nitrogen and oxygen atoms in total. The summed E-state index contributed by atoms with van der Waals surface area (Å²) in [5, 5.41) is 11.8. The second-order valence-electron chi connectivity index (χ2n) is 9.63. The standard InChI is InChI=1S/C25H37N3O5.ClH/c1-4-5-12-28-23(31)21(15-18(2)3)26-24(32)25(28)10-13-27(14-11-25)16-19-6-8-20(9-7-19)33-17-22(29)30;/h6-9,18,21H,4-5,10-17H2,1-3H3,(H,26,32)(H,29,30);1H/t21-;/m0./s1. The van der Waals surface area contributed by atoms with Crippen LogP contribution in [0.5, 0.6) is 5.75 Å². The van der Waals surface area contributed by atoms with E-state index in [1.165, 1.54) is 0 Å². The number of piperidine rings is 1. The summed E-state index contributed by atoms with van der Waals surface area (Å²) in [4.78, 5) is 41.5. The molecule has 2 amide bonds. The number of benzene rings is 1. The molecule has 34 heavy (non-hydrogen) atoms. The van der Waals surface area contributed by atoms with Crippen LogP contribution in [0, 0.1) is 5.92 Å². The van der Waals surface area contributed by atoms with Crippen LogP contribution in [0.4, 0.5) is 0 Å². The van der Waals surface area contributed by atoms with Crippen LogP contribution >= 0.6 is 12.4 Å². The number of carboxylic acid groups (broad SMARTS) is 1. The zero-order valence-electron chi connectivity index (χ0n) is 20.4. The first kappa shape index (κ1) is 27.9. The lowest BCUT2D eigenvalue weighted by atomic mass is 9.80. The van der Waals surface area contributed by atoms with Crippen LogP contribution in [0.2, 0.25) is 0 Å². The summed E-state index contributed by atoms with van der Waals surface area (Å²) in [6.45, 7) is 8.72. The zero-order valence-corrected chi connectivity index (χ0v) is 21.2. The molecule has 1 atom stereocenters. The summed E-state index contributed by atoms with van der Waals surface area (Å²) in [6, 6.07) is 7.00. The molecule has 1 aromatic rings. The number of hydrogen-bond acceptors (Lipinski definition) is 5. The van der Waals surface area contributed by atoms with Crippen LogP contribution in [-0.2, 0) is 20.9 Å². The van der Waals surface area contributed by atoms with Gasteiger partial charge in [0.2, 0.25) is 11.8 Å². The van der Waals surface area contributed by atoms with E-state index in [1.54, 1.807) is 12.1 Å². The number of nitrogens with one attached hydrogen (secondary N) is 1. The third-order valence-corrected chi connectivity index (χ3v) is 6.63. The highest BCUT2D eigenvalue weighted by Gasteiger charge is 2.53. The van der Waals surface area contributed by atoms with Crippen molar-refractivity contribution in [3.63, 3.8) is 0 Å². The predicted octanol–water partition coefficient (Wildman–Crippen LogP) is 3.08. The number of rotatable bonds is 10. The monoisotopic (exact) mass is 495 g/mol. The van der Waals surface area contributed by atoms with Gasteiger partial charge >= 0.3 is 5.97 Å². The van der Waals surface area contributed by atoms with Crippen molar-refractivity contribution in [1.82, 2.24) is 15.1 Å². The third-order valence-electron chi connectivity index (χ3n) is 6.63. The molecule has 3 rings (SSSR count). The molecule has 2 N–H and O–H groups in total. The van der Waals surface area contributed by atoms with Gasteiger partial charge in [-0.3, -0.25) is 14.5 Å². The summed E-state index contributed by atoms with van der Waals surface area (Å²) in [7, 11) is 0. The number of halogens is 1. The Kier molecular flexibility index (Phi) is 10.2. The van der Waals surface area contributed by atoms with Crippen molar-refractivity contribution in [3.8, 4) is 5.75 Å². The number of likely N-dealkylation sites (tertiary alicyclic amines) is 1. The van der Waals surface area contributed by atoms with Crippen molar-refractivity contribution in [1.29, 1.82) is 0 Å². The first-order valence-electron chi connectivity index (χ1n) is 12.0. The van der Waals surface area contributed by atoms with Crippen molar-refractivity contribution >= 4 is 30.2 Å². The molecular formula is C25H38ClN3O5. The van der Waals surface area contributed by atoms with Crippen LogP contribution in [0.1, 0.15) is 58.4 Å². The number of hydrogen-bond donors (Lipinski definition) is 2. The number of aliphatic carboxylic acids is 1. The fraction of sp³-hybridized carbons (Fsp3) is 0.640. The van der Waals surface area contributed by atoms with Gasteiger partial charge in [0.25, 0.3) is 0 Å². The van der Waals surface area contributed by atoms with Crippen molar-refractivity contribution in [2.75, 3.05) is 26.2 Å². The van der Waals surface area contributed by atoms with Crippen molar-refractivity contribution in [3.05, 3.63) is 29.8 Å². The topological polar surface area (TPSA) is 99.2 Å². The largest absolute Gasteiger partial charge is 0.482 e. The zero-order chi connectivity index (χ0) is 24.0. The number of unbranched alkanes of at least 4 members (excludes halogenated alkanes) is 1. The van der Waals surface area contributed by atoms with Gasteiger partial charge in [0.1, 0.15) is 17.3 Å². The van der Waals surface area contributed by atoms with Crippen molar-refractivity contribution in [2.24, 2.45) is 5.92 Å². The van der Waals surface area contributed by atoms with E-state index in [0.29, 0.717) is 37.5 Å². The minimum absolute atomic E-state index is 0. The fourth-order valence-corrected chi connectivity index (χ4v) is 4.82. The van der Waals surface area contributed by atoms with E-state index >= 15 is 0 Å². The second kappa shape index (κ2) is 12.4.